The first-order valence-electron chi connectivity index (χ1n) is 6.85. The summed E-state index contributed by atoms with van der Waals surface area (Å²) < 4.78 is 19.6. The summed E-state index contributed by atoms with van der Waals surface area (Å²) >= 11 is 0. The van der Waals surface area contributed by atoms with E-state index in [4.69, 9.17) is 10.2 Å². The maximum Gasteiger partial charge on any atom is 0.292 e. The first-order valence-corrected chi connectivity index (χ1v) is 6.85. The topological polar surface area (TPSA) is 55.3 Å². The molecule has 0 radical (unpaired) electrons. The van der Waals surface area contributed by atoms with Crippen LogP contribution in [0.4, 0.5) is 16.1 Å². The van der Waals surface area contributed by atoms with Gasteiger partial charge in [-0.3, -0.25) is 0 Å². The van der Waals surface area contributed by atoms with E-state index in [0.29, 0.717) is 28.7 Å². The predicted octanol–water partition coefficient (Wildman–Crippen LogP) is 3.36. The summed E-state index contributed by atoms with van der Waals surface area (Å²) in [6, 6.07) is 5.68. The Labute approximate surface area is 117 Å². The fraction of sp³-hybridized carbons (Fsp3) is 0.400. The first kappa shape index (κ1) is 13.0. The van der Waals surface area contributed by atoms with Crippen LogP contribution in [0.5, 0.6) is 0 Å². The number of nitrogens with zero attached hydrogens (tertiary/aromatic N) is 2. The summed E-state index contributed by atoms with van der Waals surface area (Å²) in [5, 5.41) is 0. The average Bonchev–Trinajstić information content (AvgIpc) is 2.95. The molecule has 106 valence electrons. The van der Waals surface area contributed by atoms with E-state index in [1.54, 1.807) is 6.92 Å². The van der Waals surface area contributed by atoms with E-state index in [2.05, 4.69) is 16.8 Å². The number of benzene rings is 1. The Kier molecular flexibility index (Phi) is 3.12. The van der Waals surface area contributed by atoms with Crippen LogP contribution in [0.1, 0.15) is 25.5 Å². The summed E-state index contributed by atoms with van der Waals surface area (Å²) in [5.74, 6) is 0.376. The van der Waals surface area contributed by atoms with Crippen molar-refractivity contribution in [2.24, 2.45) is 0 Å². The molecule has 1 saturated heterocycles. The standard InChI is InChI=1S/C15H18FN3O/c1-9-4-3-7-19(9)13-6-5-11(8-12(13)16)14-10(2)20-15(17)18-14/h5-6,8-9H,3-4,7H2,1-2H3,(H2,17,18). The monoisotopic (exact) mass is 275 g/mol. The molecule has 2 aromatic rings. The van der Waals surface area contributed by atoms with Gasteiger partial charge in [0.1, 0.15) is 17.3 Å². The molecule has 1 fully saturated rings. The van der Waals surface area contributed by atoms with Crippen molar-refractivity contribution in [1.82, 2.24) is 4.98 Å². The van der Waals surface area contributed by atoms with Crippen molar-refractivity contribution < 1.29 is 8.81 Å². The molecule has 1 aliphatic heterocycles. The van der Waals surface area contributed by atoms with Crippen LogP contribution in [0, 0.1) is 12.7 Å². The van der Waals surface area contributed by atoms with Crippen LogP contribution in [-0.2, 0) is 0 Å². The first-order chi connectivity index (χ1) is 9.56. The summed E-state index contributed by atoms with van der Waals surface area (Å²) in [7, 11) is 0. The summed E-state index contributed by atoms with van der Waals surface area (Å²) in [5.41, 5.74) is 7.47. The Morgan fingerprint density at radius 3 is 2.80 bits per heavy atom. The lowest BCUT2D eigenvalue weighted by molar-refractivity contribution is 0.548. The van der Waals surface area contributed by atoms with E-state index in [0.717, 1.165) is 19.4 Å². The van der Waals surface area contributed by atoms with Gasteiger partial charge in [0, 0.05) is 18.2 Å². The summed E-state index contributed by atoms with van der Waals surface area (Å²) in [6.45, 7) is 4.81. The van der Waals surface area contributed by atoms with Crippen molar-refractivity contribution in [2.45, 2.75) is 32.7 Å². The van der Waals surface area contributed by atoms with Gasteiger partial charge in [-0.15, -0.1) is 0 Å². The number of oxazole rings is 1. The van der Waals surface area contributed by atoms with E-state index < -0.39 is 0 Å². The molecule has 0 saturated carbocycles. The minimum Gasteiger partial charge on any atom is -0.429 e. The van der Waals surface area contributed by atoms with E-state index in [1.165, 1.54) is 6.07 Å². The third kappa shape index (κ3) is 2.13. The average molecular weight is 275 g/mol. The molecule has 1 atom stereocenters. The lowest BCUT2D eigenvalue weighted by Gasteiger charge is -2.24. The third-order valence-electron chi connectivity index (χ3n) is 3.90. The number of nitrogens with two attached hydrogens (primary N) is 1. The highest BCUT2D eigenvalue weighted by molar-refractivity contribution is 5.66. The van der Waals surface area contributed by atoms with Crippen LogP contribution in [-0.4, -0.2) is 17.6 Å². The molecule has 2 heterocycles. The maximum absolute atomic E-state index is 14.4. The van der Waals surface area contributed by atoms with Crippen LogP contribution in [0.2, 0.25) is 0 Å². The largest absolute Gasteiger partial charge is 0.429 e. The van der Waals surface area contributed by atoms with Crippen molar-refractivity contribution in [3.63, 3.8) is 0 Å². The second kappa shape index (κ2) is 4.81. The van der Waals surface area contributed by atoms with Crippen LogP contribution in [0.3, 0.4) is 0 Å². The maximum atomic E-state index is 14.4. The fourth-order valence-corrected chi connectivity index (χ4v) is 2.86. The molecule has 2 N–H and O–H groups in total. The molecule has 1 aromatic carbocycles. The van der Waals surface area contributed by atoms with Crippen molar-refractivity contribution in [1.29, 1.82) is 0 Å². The lowest BCUT2D eigenvalue weighted by Crippen LogP contribution is -2.27. The number of aromatic nitrogens is 1. The van der Waals surface area contributed by atoms with Crippen molar-refractivity contribution in [3.8, 4) is 11.3 Å². The number of halogens is 1. The molecule has 1 aromatic heterocycles. The predicted molar refractivity (Wildman–Crippen MR) is 77.1 cm³/mol. The van der Waals surface area contributed by atoms with Gasteiger partial charge in [0.05, 0.1) is 5.69 Å². The number of nitrogen functional groups attached to an aromatic ring is 1. The fourth-order valence-electron chi connectivity index (χ4n) is 2.86. The molecule has 20 heavy (non-hydrogen) atoms. The molecule has 1 unspecified atom stereocenters. The number of anilines is 2. The minimum atomic E-state index is -0.225. The number of rotatable bonds is 2. The molecule has 4 nitrogen and oxygen atoms in total. The van der Waals surface area contributed by atoms with Crippen molar-refractivity contribution >= 4 is 11.7 Å². The van der Waals surface area contributed by atoms with Gasteiger partial charge in [0.25, 0.3) is 6.01 Å². The Balaban J connectivity index is 1.97. The molecule has 0 aliphatic carbocycles. The number of hydrogen-bond donors (Lipinski definition) is 1. The number of hydrogen-bond acceptors (Lipinski definition) is 4. The van der Waals surface area contributed by atoms with Crippen LogP contribution in [0.15, 0.2) is 22.6 Å². The molecule has 1 aliphatic rings. The van der Waals surface area contributed by atoms with Gasteiger partial charge in [-0.05, 0) is 38.8 Å². The Morgan fingerprint density at radius 2 is 2.25 bits per heavy atom. The Hall–Kier alpha value is -2.04. The van der Waals surface area contributed by atoms with Gasteiger partial charge >= 0.3 is 0 Å². The van der Waals surface area contributed by atoms with Gasteiger partial charge in [-0.25, -0.2) is 4.39 Å². The van der Waals surface area contributed by atoms with Gasteiger partial charge in [0.15, 0.2) is 0 Å². The Bertz CT molecular complexity index is 638. The van der Waals surface area contributed by atoms with Gasteiger partial charge in [-0.2, -0.15) is 4.98 Å². The van der Waals surface area contributed by atoms with Gasteiger partial charge in [-0.1, -0.05) is 6.07 Å². The number of aryl methyl sites for hydroxylation is 1. The molecule has 0 amide bonds. The van der Waals surface area contributed by atoms with E-state index in [9.17, 15) is 4.39 Å². The highest BCUT2D eigenvalue weighted by Gasteiger charge is 2.23. The summed E-state index contributed by atoms with van der Waals surface area (Å²) in [6.07, 6.45) is 2.22. The zero-order valence-corrected chi connectivity index (χ0v) is 11.7. The minimum absolute atomic E-state index is 0.107. The zero-order valence-electron chi connectivity index (χ0n) is 11.7. The quantitative estimate of drug-likeness (QED) is 0.913. The second-order valence-corrected chi connectivity index (χ2v) is 5.31. The summed E-state index contributed by atoms with van der Waals surface area (Å²) in [4.78, 5) is 6.21. The normalized spacial score (nSPS) is 18.8. The molecule has 0 spiro atoms. The lowest BCUT2D eigenvalue weighted by atomic mass is 10.1. The Morgan fingerprint density at radius 1 is 1.45 bits per heavy atom. The van der Waals surface area contributed by atoms with Crippen LogP contribution in [0.25, 0.3) is 11.3 Å². The zero-order chi connectivity index (χ0) is 14.3. The van der Waals surface area contributed by atoms with Crippen LogP contribution < -0.4 is 10.6 Å². The molecular weight excluding hydrogens is 257 g/mol. The molecule has 0 bridgehead atoms. The van der Waals surface area contributed by atoms with E-state index >= 15 is 0 Å². The van der Waals surface area contributed by atoms with Crippen molar-refractivity contribution in [2.75, 3.05) is 17.2 Å². The van der Waals surface area contributed by atoms with Gasteiger partial charge < -0.3 is 15.1 Å². The highest BCUT2D eigenvalue weighted by Crippen LogP contribution is 2.32. The SMILES string of the molecule is Cc1oc(N)nc1-c1ccc(N2CCCC2C)c(F)c1. The molecule has 3 rings (SSSR count). The third-order valence-corrected chi connectivity index (χ3v) is 3.90. The second-order valence-electron chi connectivity index (χ2n) is 5.31. The molecule has 5 heteroatoms. The highest BCUT2D eigenvalue weighted by atomic mass is 19.1. The van der Waals surface area contributed by atoms with Crippen molar-refractivity contribution in [3.05, 3.63) is 29.8 Å². The van der Waals surface area contributed by atoms with Gasteiger partial charge in [0.2, 0.25) is 0 Å². The smallest absolute Gasteiger partial charge is 0.292 e. The van der Waals surface area contributed by atoms with E-state index in [1.807, 2.05) is 12.1 Å². The van der Waals surface area contributed by atoms with E-state index in [-0.39, 0.29) is 11.8 Å². The molecular formula is C15H18FN3O. The van der Waals surface area contributed by atoms with Crippen LogP contribution >= 0.6 is 0 Å².